The van der Waals surface area contributed by atoms with E-state index in [9.17, 15) is 9.59 Å². The van der Waals surface area contributed by atoms with Crippen LogP contribution >= 0.6 is 11.8 Å². The molecule has 0 unspecified atom stereocenters. The van der Waals surface area contributed by atoms with Crippen LogP contribution in [-0.4, -0.2) is 46.2 Å². The van der Waals surface area contributed by atoms with Gasteiger partial charge in [-0.3, -0.25) is 4.79 Å². The van der Waals surface area contributed by atoms with Crippen molar-refractivity contribution in [3.05, 3.63) is 42.5 Å². The highest BCUT2D eigenvalue weighted by Crippen LogP contribution is 2.24. The maximum Gasteiger partial charge on any atom is 0.327 e. The topological polar surface area (TPSA) is 66.8 Å². The average molecular weight is 293 g/mol. The van der Waals surface area contributed by atoms with Gasteiger partial charge in [-0.05, 0) is 24.3 Å². The molecule has 1 aromatic carbocycles. The van der Waals surface area contributed by atoms with Crippen molar-refractivity contribution in [1.82, 2.24) is 4.90 Å². The first-order valence-electron chi connectivity index (χ1n) is 6.08. The zero-order valence-electron chi connectivity index (χ0n) is 10.8. The molecule has 6 heteroatoms. The molecule has 1 aromatic rings. The number of hydrogen-bond acceptors (Lipinski definition) is 4. The lowest BCUT2D eigenvalue weighted by molar-refractivity contribution is -0.140. The molecule has 1 amide bonds. The van der Waals surface area contributed by atoms with Crippen LogP contribution in [0.5, 0.6) is 5.75 Å². The molecule has 2 rings (SSSR count). The highest BCUT2D eigenvalue weighted by molar-refractivity contribution is 7.99. The predicted molar refractivity (Wildman–Crippen MR) is 77.1 cm³/mol. The number of nitrogens with zero attached hydrogens (tertiary/aromatic N) is 1. The predicted octanol–water partition coefficient (Wildman–Crippen LogP) is 1.85. The van der Waals surface area contributed by atoms with Gasteiger partial charge in [0.15, 0.2) is 0 Å². The fourth-order valence-corrected chi connectivity index (χ4v) is 3.01. The summed E-state index contributed by atoms with van der Waals surface area (Å²) in [6.45, 7) is 3.95. The van der Waals surface area contributed by atoms with E-state index in [0.717, 1.165) is 0 Å². The number of benzene rings is 1. The van der Waals surface area contributed by atoms with Gasteiger partial charge in [0.1, 0.15) is 18.4 Å². The molecule has 0 spiro atoms. The minimum absolute atomic E-state index is 0.266. The second-order valence-corrected chi connectivity index (χ2v) is 5.25. The molecule has 1 fully saturated rings. The van der Waals surface area contributed by atoms with Crippen molar-refractivity contribution in [2.45, 2.75) is 6.04 Å². The molecule has 5 nitrogen and oxygen atoms in total. The summed E-state index contributed by atoms with van der Waals surface area (Å²) in [6, 6.07) is 5.92. The molecule has 0 aromatic heterocycles. The van der Waals surface area contributed by atoms with Crippen molar-refractivity contribution in [1.29, 1.82) is 0 Å². The van der Waals surface area contributed by atoms with Crippen LogP contribution in [0, 0.1) is 0 Å². The molecule has 1 aliphatic rings. The first kappa shape index (κ1) is 14.5. The fourth-order valence-electron chi connectivity index (χ4n) is 1.86. The number of carboxylic acid groups (broad SMARTS) is 1. The van der Waals surface area contributed by atoms with Gasteiger partial charge in [0.05, 0.1) is 5.88 Å². The van der Waals surface area contributed by atoms with Crippen molar-refractivity contribution in [3.63, 3.8) is 0 Å². The van der Waals surface area contributed by atoms with Crippen molar-refractivity contribution in [2.24, 2.45) is 0 Å². The Morgan fingerprint density at radius 1 is 1.45 bits per heavy atom. The Morgan fingerprint density at radius 2 is 2.15 bits per heavy atom. The van der Waals surface area contributed by atoms with Crippen LogP contribution in [0.1, 0.15) is 10.4 Å². The first-order valence-corrected chi connectivity index (χ1v) is 7.24. The standard InChI is InChI=1S/C14H15NO4S/c1-2-7-19-11-5-3-10(4-6-11)13(16)15-9-20-8-12(15)14(17)18/h2-6,12H,1,7-9H2,(H,17,18)/t12-/m0/s1. The Hall–Kier alpha value is -1.95. The molecular weight excluding hydrogens is 278 g/mol. The van der Waals surface area contributed by atoms with Gasteiger partial charge in [-0.25, -0.2) is 4.79 Å². The number of aliphatic carboxylic acids is 1. The summed E-state index contributed by atoms with van der Waals surface area (Å²) in [5, 5.41) is 9.08. The quantitative estimate of drug-likeness (QED) is 0.839. The SMILES string of the molecule is C=CCOc1ccc(C(=O)N2CSC[C@H]2C(=O)O)cc1. The van der Waals surface area contributed by atoms with Gasteiger partial charge in [0.25, 0.3) is 5.91 Å². The molecule has 0 saturated carbocycles. The van der Waals surface area contributed by atoms with E-state index in [2.05, 4.69) is 6.58 Å². The van der Waals surface area contributed by atoms with Gasteiger partial charge in [-0.2, -0.15) is 0 Å². The zero-order valence-corrected chi connectivity index (χ0v) is 11.6. The van der Waals surface area contributed by atoms with Crippen LogP contribution in [0.25, 0.3) is 0 Å². The van der Waals surface area contributed by atoms with Crippen LogP contribution in [0.3, 0.4) is 0 Å². The number of carbonyl (C=O) groups is 2. The molecule has 0 aliphatic carbocycles. The van der Waals surface area contributed by atoms with Gasteiger partial charge < -0.3 is 14.7 Å². The van der Waals surface area contributed by atoms with E-state index in [1.807, 2.05) is 0 Å². The maximum atomic E-state index is 12.3. The summed E-state index contributed by atoms with van der Waals surface area (Å²) in [7, 11) is 0. The number of ether oxygens (including phenoxy) is 1. The summed E-state index contributed by atoms with van der Waals surface area (Å²) in [5.74, 6) is 0.255. The van der Waals surface area contributed by atoms with Gasteiger partial charge in [0.2, 0.25) is 0 Å². The van der Waals surface area contributed by atoms with E-state index in [1.54, 1.807) is 30.3 Å². The molecule has 1 saturated heterocycles. The van der Waals surface area contributed by atoms with E-state index in [1.165, 1.54) is 16.7 Å². The van der Waals surface area contributed by atoms with Crippen molar-refractivity contribution >= 4 is 23.6 Å². The van der Waals surface area contributed by atoms with Crippen LogP contribution in [0.15, 0.2) is 36.9 Å². The Kier molecular flexibility index (Phi) is 4.68. The van der Waals surface area contributed by atoms with E-state index >= 15 is 0 Å². The minimum Gasteiger partial charge on any atom is -0.490 e. The number of thioether (sulfide) groups is 1. The van der Waals surface area contributed by atoms with E-state index < -0.39 is 12.0 Å². The van der Waals surface area contributed by atoms with Crippen molar-refractivity contribution in [2.75, 3.05) is 18.2 Å². The molecule has 20 heavy (non-hydrogen) atoms. The minimum atomic E-state index is -0.964. The number of rotatable bonds is 5. The van der Waals surface area contributed by atoms with Gasteiger partial charge in [-0.15, -0.1) is 11.8 Å². The molecule has 1 heterocycles. The molecule has 0 bridgehead atoms. The molecule has 1 N–H and O–H groups in total. The summed E-state index contributed by atoms with van der Waals surface area (Å²) < 4.78 is 5.33. The van der Waals surface area contributed by atoms with Crippen LogP contribution < -0.4 is 4.74 Å². The number of hydrogen-bond donors (Lipinski definition) is 1. The summed E-state index contributed by atoms with van der Waals surface area (Å²) in [6.07, 6.45) is 1.64. The average Bonchev–Trinajstić information content (AvgIpc) is 2.94. The molecular formula is C14H15NO4S. The third-order valence-electron chi connectivity index (χ3n) is 2.90. The second kappa shape index (κ2) is 6.47. The fraction of sp³-hybridized carbons (Fsp3) is 0.286. The Balaban J connectivity index is 2.09. The number of carbonyl (C=O) groups excluding carboxylic acids is 1. The number of amides is 1. The van der Waals surface area contributed by atoms with E-state index in [0.29, 0.717) is 29.5 Å². The molecule has 106 valence electrons. The summed E-state index contributed by atoms with van der Waals surface area (Å²) in [4.78, 5) is 24.7. The lowest BCUT2D eigenvalue weighted by Gasteiger charge is -2.20. The van der Waals surface area contributed by atoms with Crippen molar-refractivity contribution < 1.29 is 19.4 Å². The third-order valence-corrected chi connectivity index (χ3v) is 3.91. The summed E-state index contributed by atoms with van der Waals surface area (Å²) in [5.41, 5.74) is 0.463. The number of carboxylic acids is 1. The molecule has 1 aliphatic heterocycles. The highest BCUT2D eigenvalue weighted by atomic mass is 32.2. The summed E-state index contributed by atoms with van der Waals surface area (Å²) >= 11 is 1.44. The molecule has 0 radical (unpaired) electrons. The van der Waals surface area contributed by atoms with Crippen LogP contribution in [0.4, 0.5) is 0 Å². The Labute approximate surface area is 121 Å². The normalized spacial score (nSPS) is 17.8. The second-order valence-electron chi connectivity index (χ2n) is 4.25. The van der Waals surface area contributed by atoms with E-state index in [4.69, 9.17) is 9.84 Å². The lowest BCUT2D eigenvalue weighted by Crippen LogP contribution is -2.41. The monoisotopic (exact) mass is 293 g/mol. The Bertz CT molecular complexity index is 514. The van der Waals surface area contributed by atoms with Gasteiger partial charge in [0, 0.05) is 11.3 Å². The third kappa shape index (κ3) is 3.14. The highest BCUT2D eigenvalue weighted by Gasteiger charge is 2.34. The van der Waals surface area contributed by atoms with Crippen molar-refractivity contribution in [3.8, 4) is 5.75 Å². The maximum absolute atomic E-state index is 12.3. The first-order chi connectivity index (χ1) is 9.63. The van der Waals surface area contributed by atoms with Crippen LogP contribution in [-0.2, 0) is 4.79 Å². The van der Waals surface area contributed by atoms with E-state index in [-0.39, 0.29) is 5.91 Å². The lowest BCUT2D eigenvalue weighted by atomic mass is 10.1. The van der Waals surface area contributed by atoms with Gasteiger partial charge in [-0.1, -0.05) is 12.7 Å². The Morgan fingerprint density at radius 3 is 2.75 bits per heavy atom. The van der Waals surface area contributed by atoms with Crippen LogP contribution in [0.2, 0.25) is 0 Å². The van der Waals surface area contributed by atoms with Gasteiger partial charge >= 0.3 is 5.97 Å². The zero-order chi connectivity index (χ0) is 14.5. The smallest absolute Gasteiger partial charge is 0.327 e. The molecule has 1 atom stereocenters. The largest absolute Gasteiger partial charge is 0.490 e.